The lowest BCUT2D eigenvalue weighted by Gasteiger charge is -2.35. The molecule has 0 N–H and O–H groups in total. The van der Waals surface area contributed by atoms with Crippen LogP contribution in [-0.2, 0) is 0 Å². The van der Waals surface area contributed by atoms with E-state index in [0.717, 1.165) is 53.0 Å². The summed E-state index contributed by atoms with van der Waals surface area (Å²) in [6.07, 6.45) is 5.28. The molecule has 5 rings (SSSR count). The molecule has 0 bridgehead atoms. The van der Waals surface area contributed by atoms with Crippen LogP contribution in [0.2, 0.25) is 0 Å². The number of nitrogens with zero attached hydrogens (tertiary/aromatic N) is 7. The van der Waals surface area contributed by atoms with Crippen molar-refractivity contribution in [3.63, 3.8) is 0 Å². The van der Waals surface area contributed by atoms with Crippen molar-refractivity contribution in [2.45, 2.75) is 0 Å². The predicted molar refractivity (Wildman–Crippen MR) is 94.8 cm³/mol. The number of halogens is 1. The lowest BCUT2D eigenvalue weighted by molar-refractivity contribution is 0.630. The molecule has 0 radical (unpaired) electrons. The minimum Gasteiger partial charge on any atom is -0.350 e. The molecule has 0 spiro atoms. The lowest BCUT2D eigenvalue weighted by Crippen LogP contribution is -2.47. The first-order chi connectivity index (χ1) is 12.3. The minimum atomic E-state index is -0.222. The normalized spacial score (nSPS) is 15.4. The summed E-state index contributed by atoms with van der Waals surface area (Å²) < 4.78 is 16.1. The summed E-state index contributed by atoms with van der Waals surface area (Å²) in [7, 11) is 0. The second-order valence-corrected chi connectivity index (χ2v) is 6.90. The van der Waals surface area contributed by atoms with Gasteiger partial charge in [-0.2, -0.15) is 0 Å². The van der Waals surface area contributed by atoms with Crippen molar-refractivity contribution in [3.05, 3.63) is 42.7 Å². The molecule has 0 saturated carbocycles. The Morgan fingerprint density at radius 3 is 2.80 bits per heavy atom. The number of hydrogen-bond donors (Lipinski definition) is 0. The first kappa shape index (κ1) is 14.5. The lowest BCUT2D eigenvalue weighted by atomic mass is 10.3. The molecular weight excluding hydrogens is 341 g/mol. The van der Waals surface area contributed by atoms with Gasteiger partial charge in [-0.1, -0.05) is 11.3 Å². The summed E-state index contributed by atoms with van der Waals surface area (Å²) in [5, 5.41) is 9.04. The van der Waals surface area contributed by atoms with Gasteiger partial charge in [0, 0.05) is 38.6 Å². The SMILES string of the molecule is Fc1ccc2nc(N3CCN(c4nccn5cnnc45)CC3)sc2c1. The Kier molecular flexibility index (Phi) is 3.27. The molecular formula is C16H14FN7S. The van der Waals surface area contributed by atoms with Gasteiger partial charge in [0.15, 0.2) is 10.9 Å². The van der Waals surface area contributed by atoms with Crippen molar-refractivity contribution in [2.75, 3.05) is 36.0 Å². The number of aromatic nitrogens is 5. The van der Waals surface area contributed by atoms with Crippen LogP contribution < -0.4 is 9.80 Å². The number of fused-ring (bicyclic) bond motifs is 2. The number of hydrogen-bond acceptors (Lipinski definition) is 7. The zero-order valence-corrected chi connectivity index (χ0v) is 14.0. The summed E-state index contributed by atoms with van der Waals surface area (Å²) in [5.41, 5.74) is 1.62. The topological polar surface area (TPSA) is 62.5 Å². The molecule has 0 atom stereocenters. The molecule has 1 fully saturated rings. The van der Waals surface area contributed by atoms with Crippen molar-refractivity contribution in [1.82, 2.24) is 24.6 Å². The monoisotopic (exact) mass is 355 g/mol. The van der Waals surface area contributed by atoms with Gasteiger partial charge in [-0.25, -0.2) is 14.4 Å². The first-order valence-electron chi connectivity index (χ1n) is 7.98. The van der Waals surface area contributed by atoms with Crippen LogP contribution in [0.15, 0.2) is 36.9 Å². The molecule has 126 valence electrons. The molecule has 7 nitrogen and oxygen atoms in total. The van der Waals surface area contributed by atoms with Gasteiger partial charge in [0.1, 0.15) is 12.1 Å². The quantitative estimate of drug-likeness (QED) is 0.549. The Morgan fingerprint density at radius 1 is 1.08 bits per heavy atom. The molecule has 3 aromatic heterocycles. The van der Waals surface area contributed by atoms with E-state index >= 15 is 0 Å². The Labute approximate surface area is 146 Å². The van der Waals surface area contributed by atoms with Gasteiger partial charge in [-0.05, 0) is 18.2 Å². The van der Waals surface area contributed by atoms with Gasteiger partial charge in [0.05, 0.1) is 10.2 Å². The van der Waals surface area contributed by atoms with E-state index in [2.05, 4.69) is 30.0 Å². The highest BCUT2D eigenvalue weighted by molar-refractivity contribution is 7.22. The molecule has 9 heteroatoms. The van der Waals surface area contributed by atoms with Gasteiger partial charge < -0.3 is 9.80 Å². The number of benzene rings is 1. The largest absolute Gasteiger partial charge is 0.350 e. The summed E-state index contributed by atoms with van der Waals surface area (Å²) in [6, 6.07) is 4.73. The second kappa shape index (κ2) is 5.62. The molecule has 1 saturated heterocycles. The standard InChI is InChI=1S/C16H14FN7S/c17-11-1-2-12-13(9-11)25-16(20-12)23-7-5-22(6-8-23)14-15-21-19-10-24(15)4-3-18-14/h1-4,9-10H,5-8H2. The fourth-order valence-electron chi connectivity index (χ4n) is 3.10. The van der Waals surface area contributed by atoms with Crippen LogP contribution in [0.5, 0.6) is 0 Å². The van der Waals surface area contributed by atoms with Crippen LogP contribution in [0.25, 0.3) is 15.9 Å². The third-order valence-electron chi connectivity index (χ3n) is 4.39. The van der Waals surface area contributed by atoms with Gasteiger partial charge >= 0.3 is 0 Å². The van der Waals surface area contributed by atoms with Crippen molar-refractivity contribution >= 4 is 38.2 Å². The number of anilines is 2. The smallest absolute Gasteiger partial charge is 0.203 e. The van der Waals surface area contributed by atoms with Crippen molar-refractivity contribution < 1.29 is 4.39 Å². The van der Waals surface area contributed by atoms with Crippen LogP contribution in [0.4, 0.5) is 15.3 Å². The van der Waals surface area contributed by atoms with Crippen LogP contribution in [-0.4, -0.2) is 50.7 Å². The molecule has 1 aliphatic heterocycles. The Balaban J connectivity index is 1.37. The van der Waals surface area contributed by atoms with Crippen LogP contribution in [0.1, 0.15) is 0 Å². The van der Waals surface area contributed by atoms with Gasteiger partial charge in [-0.15, -0.1) is 10.2 Å². The highest BCUT2D eigenvalue weighted by Gasteiger charge is 2.22. The molecule has 4 aromatic rings. The summed E-state index contributed by atoms with van der Waals surface area (Å²) in [4.78, 5) is 13.6. The molecule has 0 amide bonds. The fraction of sp³-hybridized carbons (Fsp3) is 0.250. The van der Waals surface area contributed by atoms with E-state index in [1.165, 1.54) is 17.4 Å². The maximum absolute atomic E-state index is 13.4. The minimum absolute atomic E-state index is 0.222. The Hall–Kier alpha value is -2.81. The number of piperazine rings is 1. The predicted octanol–water partition coefficient (Wildman–Crippen LogP) is 2.20. The van der Waals surface area contributed by atoms with Crippen molar-refractivity contribution in [2.24, 2.45) is 0 Å². The fourth-order valence-corrected chi connectivity index (χ4v) is 4.14. The van der Waals surface area contributed by atoms with Gasteiger partial charge in [0.25, 0.3) is 0 Å². The number of thiazole rings is 1. The van der Waals surface area contributed by atoms with E-state index in [1.54, 1.807) is 24.7 Å². The zero-order chi connectivity index (χ0) is 16.8. The third kappa shape index (κ3) is 2.47. The molecule has 1 aliphatic rings. The van der Waals surface area contributed by atoms with Crippen molar-refractivity contribution in [3.8, 4) is 0 Å². The van der Waals surface area contributed by atoms with E-state index in [9.17, 15) is 4.39 Å². The highest BCUT2D eigenvalue weighted by Crippen LogP contribution is 2.30. The highest BCUT2D eigenvalue weighted by atomic mass is 32.1. The molecule has 4 heterocycles. The third-order valence-corrected chi connectivity index (χ3v) is 5.47. The second-order valence-electron chi connectivity index (χ2n) is 5.90. The van der Waals surface area contributed by atoms with Crippen LogP contribution in [0.3, 0.4) is 0 Å². The van der Waals surface area contributed by atoms with E-state index in [1.807, 2.05) is 10.6 Å². The van der Waals surface area contributed by atoms with Crippen molar-refractivity contribution in [1.29, 1.82) is 0 Å². The van der Waals surface area contributed by atoms with E-state index < -0.39 is 0 Å². The molecule has 0 unspecified atom stereocenters. The van der Waals surface area contributed by atoms with Crippen LogP contribution >= 0.6 is 11.3 Å². The first-order valence-corrected chi connectivity index (χ1v) is 8.80. The van der Waals surface area contributed by atoms with E-state index in [0.29, 0.717) is 0 Å². The number of rotatable bonds is 2. The van der Waals surface area contributed by atoms with Crippen LogP contribution in [0, 0.1) is 5.82 Å². The average Bonchev–Trinajstić information content (AvgIpc) is 3.27. The summed E-state index contributed by atoms with van der Waals surface area (Å²) >= 11 is 1.53. The maximum Gasteiger partial charge on any atom is 0.203 e. The van der Waals surface area contributed by atoms with E-state index in [-0.39, 0.29) is 5.82 Å². The molecule has 1 aromatic carbocycles. The summed E-state index contributed by atoms with van der Waals surface area (Å²) in [5.74, 6) is 0.631. The molecule has 0 aliphatic carbocycles. The zero-order valence-electron chi connectivity index (χ0n) is 13.2. The van der Waals surface area contributed by atoms with E-state index in [4.69, 9.17) is 0 Å². The van der Waals surface area contributed by atoms with Gasteiger partial charge in [0.2, 0.25) is 5.65 Å². The maximum atomic E-state index is 13.4. The van der Waals surface area contributed by atoms with Gasteiger partial charge in [-0.3, -0.25) is 4.40 Å². The Bertz CT molecular complexity index is 1050. The summed E-state index contributed by atoms with van der Waals surface area (Å²) in [6.45, 7) is 3.31. The molecule has 25 heavy (non-hydrogen) atoms. The Morgan fingerprint density at radius 2 is 1.92 bits per heavy atom. The average molecular weight is 355 g/mol.